The molecule has 1 aliphatic rings. The van der Waals surface area contributed by atoms with E-state index in [1.807, 2.05) is 19.1 Å². The number of aryl methyl sites for hydroxylation is 1. The summed E-state index contributed by atoms with van der Waals surface area (Å²) in [6.07, 6.45) is 9.64. The minimum Gasteiger partial charge on any atom is -0.425 e. The summed E-state index contributed by atoms with van der Waals surface area (Å²) in [6.45, 7) is 11.5. The second kappa shape index (κ2) is 20.4. The quantitative estimate of drug-likeness (QED) is 0.0339. The Morgan fingerprint density at radius 2 is 1.45 bits per heavy atom. The van der Waals surface area contributed by atoms with Gasteiger partial charge in [-0.15, -0.1) is 0 Å². The number of allylic oxidation sites excluding steroid dienone is 3. The van der Waals surface area contributed by atoms with Gasteiger partial charge in [0.1, 0.15) is 23.6 Å². The SMILES string of the molecule is C=C(C)[C@@H]1CCC(C)=C[C@@H]1c1c(OC(=O)[C@@H](N)CCCNC(N)=NC)cc(CCCCC)cc1OC(=O)[C@@H](N)CCCNC(N)=NC. The molecule has 2 rings (SSSR count). The summed E-state index contributed by atoms with van der Waals surface area (Å²) in [7, 11) is 3.19. The fourth-order valence-corrected chi connectivity index (χ4v) is 5.62. The maximum atomic E-state index is 13.4. The largest absolute Gasteiger partial charge is 0.425 e. The molecule has 1 aromatic carbocycles. The van der Waals surface area contributed by atoms with Crippen LogP contribution in [0.2, 0.25) is 0 Å². The number of nitrogens with two attached hydrogens (primary N) is 4. The van der Waals surface area contributed by atoms with Gasteiger partial charge in [0.05, 0.1) is 0 Å². The van der Waals surface area contributed by atoms with Crippen LogP contribution in [0.3, 0.4) is 0 Å². The third-order valence-corrected chi connectivity index (χ3v) is 8.45. The summed E-state index contributed by atoms with van der Waals surface area (Å²) in [5.74, 6) is 0.0301. The highest BCUT2D eigenvalue weighted by molar-refractivity contribution is 5.81. The van der Waals surface area contributed by atoms with Crippen LogP contribution in [0.5, 0.6) is 11.5 Å². The molecule has 1 aliphatic carbocycles. The number of hydrogen-bond donors (Lipinski definition) is 6. The smallest absolute Gasteiger partial charge is 0.328 e. The predicted molar refractivity (Wildman–Crippen MR) is 190 cm³/mol. The second-order valence-corrected chi connectivity index (χ2v) is 12.4. The Bertz CT molecular complexity index is 1230. The third kappa shape index (κ3) is 13.0. The molecule has 10 N–H and O–H groups in total. The number of nitrogens with zero attached hydrogens (tertiary/aromatic N) is 2. The Hall–Kier alpha value is -3.90. The number of unbranched alkanes of at least 4 members (excludes halogenated alkanes) is 2. The van der Waals surface area contributed by atoms with E-state index in [0.29, 0.717) is 67.8 Å². The van der Waals surface area contributed by atoms with E-state index < -0.39 is 24.0 Å². The number of ether oxygens (including phenoxy) is 2. The van der Waals surface area contributed by atoms with Crippen molar-refractivity contribution in [1.82, 2.24) is 10.6 Å². The Balaban J connectivity index is 2.50. The van der Waals surface area contributed by atoms with E-state index in [1.165, 1.54) is 5.57 Å². The predicted octanol–water partition coefficient (Wildman–Crippen LogP) is 3.53. The van der Waals surface area contributed by atoms with Gasteiger partial charge in [-0.3, -0.25) is 9.98 Å². The normalized spacial score (nSPS) is 18.1. The van der Waals surface area contributed by atoms with Gasteiger partial charge in [-0.2, -0.15) is 0 Å². The summed E-state index contributed by atoms with van der Waals surface area (Å²) in [5.41, 5.74) is 27.7. The summed E-state index contributed by atoms with van der Waals surface area (Å²) < 4.78 is 12.2. The lowest BCUT2D eigenvalue weighted by Crippen LogP contribution is -2.37. The highest BCUT2D eigenvalue weighted by Gasteiger charge is 2.33. The van der Waals surface area contributed by atoms with Crippen molar-refractivity contribution in [3.8, 4) is 11.5 Å². The Labute approximate surface area is 280 Å². The number of guanidine groups is 2. The van der Waals surface area contributed by atoms with E-state index in [-0.39, 0.29) is 11.8 Å². The minimum absolute atomic E-state index is 0.0513. The number of aliphatic imine (C=N–C) groups is 2. The van der Waals surface area contributed by atoms with E-state index >= 15 is 0 Å². The van der Waals surface area contributed by atoms with E-state index in [9.17, 15) is 9.59 Å². The molecular weight excluding hydrogens is 596 g/mol. The van der Waals surface area contributed by atoms with Crippen LogP contribution in [0.1, 0.15) is 95.6 Å². The zero-order valence-electron chi connectivity index (χ0n) is 29.1. The molecule has 1 aromatic rings. The fourth-order valence-electron chi connectivity index (χ4n) is 5.62. The summed E-state index contributed by atoms with van der Waals surface area (Å²) in [5, 5.41) is 5.94. The van der Waals surface area contributed by atoms with Gasteiger partial charge < -0.3 is 43.0 Å². The molecule has 12 heteroatoms. The number of hydrogen-bond acceptors (Lipinski definition) is 8. The highest BCUT2D eigenvalue weighted by atomic mass is 16.5. The van der Waals surface area contributed by atoms with Crippen LogP contribution in [0.15, 0.2) is 45.9 Å². The Morgan fingerprint density at radius 1 is 0.936 bits per heavy atom. The second-order valence-electron chi connectivity index (χ2n) is 12.4. The van der Waals surface area contributed by atoms with E-state index in [0.717, 1.165) is 49.7 Å². The van der Waals surface area contributed by atoms with Crippen molar-refractivity contribution in [3.63, 3.8) is 0 Å². The van der Waals surface area contributed by atoms with E-state index in [2.05, 4.69) is 47.1 Å². The molecule has 0 radical (unpaired) electrons. The summed E-state index contributed by atoms with van der Waals surface area (Å²) in [6, 6.07) is 2.05. The van der Waals surface area contributed by atoms with Crippen molar-refractivity contribution in [2.75, 3.05) is 27.2 Å². The molecule has 47 heavy (non-hydrogen) atoms. The van der Waals surface area contributed by atoms with Crippen LogP contribution in [0, 0.1) is 5.92 Å². The van der Waals surface area contributed by atoms with Gasteiger partial charge in [0, 0.05) is 38.7 Å². The van der Waals surface area contributed by atoms with Gasteiger partial charge in [0.15, 0.2) is 11.9 Å². The molecule has 0 heterocycles. The first-order valence-electron chi connectivity index (χ1n) is 16.8. The molecular formula is C35H58N8O4. The van der Waals surface area contributed by atoms with Crippen molar-refractivity contribution in [2.45, 2.75) is 103 Å². The molecule has 0 saturated carbocycles. The van der Waals surface area contributed by atoms with Crippen molar-refractivity contribution in [2.24, 2.45) is 38.8 Å². The zero-order chi connectivity index (χ0) is 34.9. The molecule has 4 atom stereocenters. The molecule has 0 bridgehead atoms. The van der Waals surface area contributed by atoms with Crippen LogP contribution < -0.4 is 43.0 Å². The summed E-state index contributed by atoms with van der Waals surface area (Å²) in [4.78, 5) is 34.6. The number of nitrogens with one attached hydrogen (secondary N) is 2. The van der Waals surface area contributed by atoms with Gasteiger partial charge >= 0.3 is 11.9 Å². The lowest BCUT2D eigenvalue weighted by atomic mass is 9.73. The van der Waals surface area contributed by atoms with E-state index in [4.69, 9.17) is 32.4 Å². The molecule has 0 fully saturated rings. The van der Waals surface area contributed by atoms with Crippen LogP contribution in [-0.2, 0) is 16.0 Å². The number of benzene rings is 1. The molecule has 262 valence electrons. The van der Waals surface area contributed by atoms with Crippen LogP contribution in [0.4, 0.5) is 0 Å². The number of carbonyl (C=O) groups is 2. The Morgan fingerprint density at radius 3 is 1.89 bits per heavy atom. The molecule has 0 aromatic heterocycles. The lowest BCUT2D eigenvalue weighted by Gasteiger charge is -2.33. The molecule has 0 unspecified atom stereocenters. The summed E-state index contributed by atoms with van der Waals surface area (Å²) >= 11 is 0. The van der Waals surface area contributed by atoms with Crippen LogP contribution >= 0.6 is 0 Å². The van der Waals surface area contributed by atoms with Crippen LogP contribution in [0.25, 0.3) is 0 Å². The molecule has 0 amide bonds. The van der Waals surface area contributed by atoms with Crippen molar-refractivity contribution < 1.29 is 19.1 Å². The van der Waals surface area contributed by atoms with Gasteiger partial charge in [0.25, 0.3) is 0 Å². The topological polar surface area (TPSA) is 205 Å². The number of esters is 2. The highest BCUT2D eigenvalue weighted by Crippen LogP contribution is 2.47. The van der Waals surface area contributed by atoms with Crippen molar-refractivity contribution in [3.05, 3.63) is 47.1 Å². The minimum atomic E-state index is -0.867. The average Bonchev–Trinajstić information content (AvgIpc) is 3.04. The molecule has 0 saturated heterocycles. The maximum absolute atomic E-state index is 13.4. The standard InChI is InChI=1S/C35H58N8O4/c1-7-8-9-12-24-20-29(46-32(44)27(36)13-10-17-42-34(38)40-5)31(26-19-23(4)15-16-25(26)22(2)3)30(21-24)47-33(45)28(37)14-11-18-43-35(39)41-6/h19-21,25-28H,2,7-18,36-37H2,1,3-6H3,(H3,38,40,42)(H3,39,41,43)/t25-,26-,27-,28-/m0/s1. The molecule has 0 spiro atoms. The monoisotopic (exact) mass is 654 g/mol. The zero-order valence-corrected chi connectivity index (χ0v) is 29.1. The first-order valence-corrected chi connectivity index (χ1v) is 16.8. The van der Waals surface area contributed by atoms with Crippen molar-refractivity contribution >= 4 is 23.9 Å². The lowest BCUT2D eigenvalue weighted by molar-refractivity contribution is -0.136. The van der Waals surface area contributed by atoms with Gasteiger partial charge in [0.2, 0.25) is 0 Å². The van der Waals surface area contributed by atoms with Crippen molar-refractivity contribution in [1.29, 1.82) is 0 Å². The first-order chi connectivity index (χ1) is 22.4. The fraction of sp³-hybridized carbons (Fsp3) is 0.600. The number of carbonyl (C=O) groups excluding carboxylic acids is 2. The van der Waals surface area contributed by atoms with Gasteiger partial charge in [-0.1, -0.05) is 43.6 Å². The molecule has 12 nitrogen and oxygen atoms in total. The Kier molecular flexibility index (Phi) is 17.0. The van der Waals surface area contributed by atoms with Gasteiger partial charge in [-0.05, 0) is 88.8 Å². The third-order valence-electron chi connectivity index (χ3n) is 8.45. The first kappa shape index (κ1) is 39.3. The number of rotatable bonds is 18. The maximum Gasteiger partial charge on any atom is 0.328 e. The van der Waals surface area contributed by atoms with Gasteiger partial charge in [-0.25, -0.2) is 9.59 Å². The van der Waals surface area contributed by atoms with E-state index in [1.54, 1.807) is 14.1 Å². The van der Waals surface area contributed by atoms with Crippen LogP contribution in [-0.4, -0.2) is 63.1 Å². The molecule has 0 aliphatic heterocycles. The average molecular weight is 655 g/mol.